The first kappa shape index (κ1) is 30.0. The smallest absolute Gasteiger partial charge is 0.322 e. The fraction of sp³-hybridized carbons (Fsp3) is 0.235. The molecule has 0 aromatic heterocycles. The van der Waals surface area contributed by atoms with Crippen molar-refractivity contribution in [1.29, 1.82) is 0 Å². The van der Waals surface area contributed by atoms with E-state index >= 15 is 0 Å². The molecule has 40 heavy (non-hydrogen) atoms. The molecule has 208 valence electrons. The summed E-state index contributed by atoms with van der Waals surface area (Å²) in [5.41, 5.74) is 3.07. The van der Waals surface area contributed by atoms with Crippen molar-refractivity contribution in [3.05, 3.63) is 132 Å². The van der Waals surface area contributed by atoms with Crippen LogP contribution in [-0.4, -0.2) is 26.2 Å². The minimum Gasteiger partial charge on any atom is -0.329 e. The molecule has 0 unspecified atom stereocenters. The zero-order valence-corrected chi connectivity index (χ0v) is 24.3. The van der Waals surface area contributed by atoms with Crippen LogP contribution in [0.25, 0.3) is 0 Å². The summed E-state index contributed by atoms with van der Waals surface area (Å²) in [7, 11) is 3.54. The molecule has 0 bridgehead atoms. The third kappa shape index (κ3) is 8.21. The number of rotatable bonds is 6. The van der Waals surface area contributed by atoms with E-state index in [0.717, 1.165) is 22.5 Å². The van der Waals surface area contributed by atoms with Gasteiger partial charge in [0, 0.05) is 25.5 Å². The number of amides is 4. The van der Waals surface area contributed by atoms with Gasteiger partial charge in [0.25, 0.3) is 0 Å². The molecule has 4 rings (SSSR count). The molecule has 0 atom stereocenters. The normalized spacial score (nSPS) is 10.9. The maximum atomic E-state index is 12.3. The van der Waals surface area contributed by atoms with Crippen LogP contribution in [-0.2, 0) is 11.1 Å². The zero-order valence-electron chi connectivity index (χ0n) is 24.3. The Bertz CT molecular complexity index is 1240. The van der Waals surface area contributed by atoms with Crippen molar-refractivity contribution in [3.8, 4) is 0 Å². The lowest BCUT2D eigenvalue weighted by atomic mass is 9.94. The molecule has 0 saturated heterocycles. The number of carbonyl (C=O) groups is 2. The Morgan fingerprint density at radius 3 is 1.00 bits per heavy atom. The van der Waals surface area contributed by atoms with Gasteiger partial charge in [-0.2, -0.15) is 0 Å². The Labute approximate surface area is 238 Å². The Hall–Kier alpha value is -4.58. The van der Waals surface area contributed by atoms with Crippen molar-refractivity contribution in [2.75, 3.05) is 23.9 Å². The van der Waals surface area contributed by atoms with Gasteiger partial charge in [-0.3, -0.25) is 9.80 Å². The number of carbonyl (C=O) groups excluding carboxylic acids is 2. The predicted octanol–water partition coefficient (Wildman–Crippen LogP) is 7.54. The highest BCUT2D eigenvalue weighted by Crippen LogP contribution is 2.22. The number of hydrogen-bond donors (Lipinski definition) is 2. The number of anilines is 2. The first-order valence-corrected chi connectivity index (χ1v) is 13.3. The number of nitrogens with zero attached hydrogens (tertiary/aromatic N) is 2. The van der Waals surface area contributed by atoms with Crippen LogP contribution < -0.4 is 20.4 Å². The van der Waals surface area contributed by atoms with Gasteiger partial charge in [-0.1, -0.05) is 97.1 Å². The van der Waals surface area contributed by atoms with E-state index in [4.69, 9.17) is 0 Å². The van der Waals surface area contributed by atoms with Crippen LogP contribution in [0.1, 0.15) is 38.8 Å². The third-order valence-electron chi connectivity index (χ3n) is 6.73. The maximum absolute atomic E-state index is 12.3. The minimum atomic E-state index is -0.415. The molecule has 0 aliphatic carbocycles. The van der Waals surface area contributed by atoms with E-state index < -0.39 is 11.1 Å². The van der Waals surface area contributed by atoms with E-state index in [1.54, 1.807) is 23.9 Å². The highest BCUT2D eigenvalue weighted by molar-refractivity contribution is 5.92. The number of para-hydroxylation sites is 2. The van der Waals surface area contributed by atoms with Gasteiger partial charge >= 0.3 is 12.1 Å². The van der Waals surface area contributed by atoms with Crippen molar-refractivity contribution in [1.82, 2.24) is 10.6 Å². The van der Waals surface area contributed by atoms with E-state index in [2.05, 4.69) is 10.6 Å². The third-order valence-corrected chi connectivity index (χ3v) is 6.73. The zero-order chi connectivity index (χ0) is 29.2. The van der Waals surface area contributed by atoms with Crippen molar-refractivity contribution in [2.24, 2.45) is 0 Å². The Morgan fingerprint density at radius 2 is 0.725 bits per heavy atom. The second-order valence-electron chi connectivity index (χ2n) is 10.6. The summed E-state index contributed by atoms with van der Waals surface area (Å²) in [6.45, 7) is 8.00. The van der Waals surface area contributed by atoms with Gasteiger partial charge in [-0.05, 0) is 63.1 Å². The van der Waals surface area contributed by atoms with Gasteiger partial charge in [-0.15, -0.1) is 0 Å². The number of hydrogen-bond acceptors (Lipinski definition) is 2. The van der Waals surface area contributed by atoms with Crippen molar-refractivity contribution < 1.29 is 9.59 Å². The Morgan fingerprint density at radius 1 is 0.475 bits per heavy atom. The Balaban J connectivity index is 0.000000220. The molecular formula is C34H40N4O2. The predicted molar refractivity (Wildman–Crippen MR) is 166 cm³/mol. The lowest BCUT2D eigenvalue weighted by molar-refractivity contribution is 0.236. The lowest BCUT2D eigenvalue weighted by Gasteiger charge is -2.30. The molecular weight excluding hydrogens is 496 g/mol. The first-order chi connectivity index (χ1) is 19.0. The fourth-order valence-electron chi connectivity index (χ4n) is 4.09. The SMILES string of the molecule is CN(C(=O)NC(C)(C)c1ccccc1)c1ccccc1.CN(C(=O)NC(C)(C)c1ccccc1)c1ccccc1. The minimum absolute atomic E-state index is 0.120. The number of urea groups is 2. The largest absolute Gasteiger partial charge is 0.329 e. The summed E-state index contributed by atoms with van der Waals surface area (Å²) in [6.07, 6.45) is 0. The quantitative estimate of drug-likeness (QED) is 0.267. The van der Waals surface area contributed by atoms with Gasteiger partial charge < -0.3 is 10.6 Å². The summed E-state index contributed by atoms with van der Waals surface area (Å²) < 4.78 is 0. The van der Waals surface area contributed by atoms with Crippen molar-refractivity contribution in [3.63, 3.8) is 0 Å². The van der Waals surface area contributed by atoms with Gasteiger partial charge in [0.2, 0.25) is 0 Å². The molecule has 0 radical (unpaired) electrons. The van der Waals surface area contributed by atoms with Crippen LogP contribution in [0.15, 0.2) is 121 Å². The molecule has 2 N–H and O–H groups in total. The molecule has 0 heterocycles. The number of benzene rings is 4. The summed E-state index contributed by atoms with van der Waals surface area (Å²) >= 11 is 0. The molecule has 0 saturated carbocycles. The van der Waals surface area contributed by atoms with E-state index in [-0.39, 0.29) is 12.1 Å². The van der Waals surface area contributed by atoms with Gasteiger partial charge in [0.1, 0.15) is 0 Å². The molecule has 0 aliphatic heterocycles. The summed E-state index contributed by atoms with van der Waals surface area (Å²) in [6, 6.07) is 38.9. The molecule has 6 heteroatoms. The van der Waals surface area contributed by atoms with E-state index in [1.165, 1.54) is 0 Å². The standard InChI is InChI=1S/2C17H20N2O/c2*1-17(2,14-10-6-4-7-11-14)18-16(20)19(3)15-12-8-5-9-13-15/h2*4-13H,1-3H3,(H,18,20). The van der Waals surface area contributed by atoms with E-state index in [9.17, 15) is 9.59 Å². The van der Waals surface area contributed by atoms with Crippen LogP contribution in [0, 0.1) is 0 Å². The molecule has 4 aromatic carbocycles. The average Bonchev–Trinajstić information content (AvgIpc) is 2.98. The van der Waals surface area contributed by atoms with Crippen LogP contribution in [0.3, 0.4) is 0 Å². The highest BCUT2D eigenvalue weighted by atomic mass is 16.2. The molecule has 6 nitrogen and oxygen atoms in total. The summed E-state index contributed by atoms with van der Waals surface area (Å²) in [4.78, 5) is 27.9. The topological polar surface area (TPSA) is 64.7 Å². The van der Waals surface area contributed by atoms with Crippen LogP contribution >= 0.6 is 0 Å². The maximum Gasteiger partial charge on any atom is 0.322 e. The molecule has 0 fully saturated rings. The molecule has 0 aliphatic rings. The van der Waals surface area contributed by atoms with Gasteiger partial charge in [-0.25, -0.2) is 9.59 Å². The molecule has 0 spiro atoms. The van der Waals surface area contributed by atoms with Crippen LogP contribution in [0.4, 0.5) is 21.0 Å². The Kier molecular flexibility index (Phi) is 10.1. The van der Waals surface area contributed by atoms with Gasteiger partial charge in [0.15, 0.2) is 0 Å². The van der Waals surface area contributed by atoms with Gasteiger partial charge in [0.05, 0.1) is 11.1 Å². The van der Waals surface area contributed by atoms with Crippen molar-refractivity contribution >= 4 is 23.4 Å². The summed E-state index contributed by atoms with van der Waals surface area (Å²) in [5.74, 6) is 0. The molecule has 4 amide bonds. The monoisotopic (exact) mass is 536 g/mol. The number of nitrogens with one attached hydrogen (secondary N) is 2. The second-order valence-corrected chi connectivity index (χ2v) is 10.6. The lowest BCUT2D eigenvalue weighted by Crippen LogP contribution is -2.47. The highest BCUT2D eigenvalue weighted by Gasteiger charge is 2.25. The second kappa shape index (κ2) is 13.5. The average molecular weight is 537 g/mol. The van der Waals surface area contributed by atoms with E-state index in [1.807, 2.05) is 149 Å². The van der Waals surface area contributed by atoms with Crippen LogP contribution in [0.2, 0.25) is 0 Å². The fourth-order valence-corrected chi connectivity index (χ4v) is 4.09. The van der Waals surface area contributed by atoms with Crippen LogP contribution in [0.5, 0.6) is 0 Å². The summed E-state index contributed by atoms with van der Waals surface area (Å²) in [5, 5.41) is 6.12. The first-order valence-electron chi connectivity index (χ1n) is 13.3. The molecule has 4 aromatic rings. The van der Waals surface area contributed by atoms with Crippen molar-refractivity contribution in [2.45, 2.75) is 38.8 Å². The van der Waals surface area contributed by atoms with E-state index in [0.29, 0.717) is 0 Å².